The fraction of sp³-hybridized carbons (Fsp3) is 0.211. The molecule has 0 spiro atoms. The van der Waals surface area contributed by atoms with Crippen LogP contribution in [-0.4, -0.2) is 19.1 Å². The third-order valence-electron chi connectivity index (χ3n) is 4.11. The smallest absolute Gasteiger partial charge is 0.266 e. The minimum Gasteiger partial charge on any atom is -0.490 e. The summed E-state index contributed by atoms with van der Waals surface area (Å²) in [5.41, 5.74) is 1.42. The number of carbonyl (C=O) groups is 1. The number of rotatable bonds is 2. The van der Waals surface area contributed by atoms with E-state index in [4.69, 9.17) is 9.47 Å². The Morgan fingerprint density at radius 1 is 1.12 bits per heavy atom. The van der Waals surface area contributed by atoms with Crippen molar-refractivity contribution in [1.29, 1.82) is 0 Å². The predicted molar refractivity (Wildman–Crippen MR) is 96.5 cm³/mol. The molecule has 1 amide bonds. The first-order valence-corrected chi connectivity index (χ1v) is 8.83. The average Bonchev–Trinajstić information content (AvgIpc) is 2.78. The van der Waals surface area contributed by atoms with Crippen LogP contribution in [0.15, 0.2) is 36.4 Å². The van der Waals surface area contributed by atoms with Crippen LogP contribution in [0.3, 0.4) is 0 Å². The molecule has 128 valence electrons. The van der Waals surface area contributed by atoms with E-state index in [2.05, 4.69) is 5.32 Å². The van der Waals surface area contributed by atoms with Gasteiger partial charge in [0.25, 0.3) is 5.91 Å². The Kier molecular flexibility index (Phi) is 4.05. The van der Waals surface area contributed by atoms with Crippen molar-refractivity contribution in [2.24, 2.45) is 0 Å². The summed E-state index contributed by atoms with van der Waals surface area (Å²) >= 11 is 1.36. The minimum absolute atomic E-state index is 0.214. The Bertz CT molecular complexity index is 967. The third-order valence-corrected chi connectivity index (χ3v) is 5.38. The normalized spacial score (nSPS) is 13.5. The summed E-state index contributed by atoms with van der Waals surface area (Å²) in [6.45, 7) is 3.04. The van der Waals surface area contributed by atoms with Crippen molar-refractivity contribution in [1.82, 2.24) is 0 Å². The third kappa shape index (κ3) is 3.05. The van der Waals surface area contributed by atoms with Gasteiger partial charge in [0.15, 0.2) is 11.5 Å². The van der Waals surface area contributed by atoms with Gasteiger partial charge in [-0.15, -0.1) is 11.3 Å². The second kappa shape index (κ2) is 6.37. The summed E-state index contributed by atoms with van der Waals surface area (Å²) in [4.78, 5) is 13.2. The molecule has 2 aromatic carbocycles. The van der Waals surface area contributed by atoms with Crippen LogP contribution < -0.4 is 14.8 Å². The van der Waals surface area contributed by atoms with Gasteiger partial charge in [0.05, 0.1) is 18.1 Å². The number of benzene rings is 2. The second-order valence-corrected chi connectivity index (χ2v) is 6.91. The lowest BCUT2D eigenvalue weighted by molar-refractivity contribution is 0.103. The lowest BCUT2D eigenvalue weighted by Gasteiger charge is -2.10. The molecule has 4 rings (SSSR count). The molecule has 0 bridgehead atoms. The molecule has 0 saturated carbocycles. The van der Waals surface area contributed by atoms with Crippen LogP contribution in [-0.2, 0) is 0 Å². The molecule has 0 radical (unpaired) electrons. The number of aryl methyl sites for hydroxylation is 1. The number of anilines is 1. The maximum atomic E-state index is 13.4. The van der Waals surface area contributed by atoms with Crippen molar-refractivity contribution in [2.75, 3.05) is 18.5 Å². The van der Waals surface area contributed by atoms with Crippen molar-refractivity contribution >= 4 is 33.0 Å². The summed E-state index contributed by atoms with van der Waals surface area (Å²) in [5, 5.41) is 3.66. The number of hydrogen-bond acceptors (Lipinski definition) is 4. The fourth-order valence-electron chi connectivity index (χ4n) is 2.84. The van der Waals surface area contributed by atoms with Gasteiger partial charge in [0.2, 0.25) is 0 Å². The maximum Gasteiger partial charge on any atom is 0.266 e. The Balaban J connectivity index is 1.62. The number of amides is 1. The summed E-state index contributed by atoms with van der Waals surface area (Å²) in [6.07, 6.45) is 0.827. The first-order chi connectivity index (χ1) is 12.1. The number of nitrogens with one attached hydrogen (secondary N) is 1. The van der Waals surface area contributed by atoms with E-state index in [9.17, 15) is 9.18 Å². The standard InChI is InChI=1S/C19H16FNO3S/c1-11-14-9-12(20)3-6-17(14)25-18(11)19(22)21-13-4-5-15-16(10-13)24-8-2-7-23-15/h3-6,9-10H,2,7-8H2,1H3,(H,21,22). The molecule has 25 heavy (non-hydrogen) atoms. The summed E-state index contributed by atoms with van der Waals surface area (Å²) in [7, 11) is 0. The van der Waals surface area contributed by atoms with Crippen LogP contribution in [0.5, 0.6) is 11.5 Å². The van der Waals surface area contributed by atoms with Gasteiger partial charge in [-0.2, -0.15) is 0 Å². The zero-order valence-corrected chi connectivity index (χ0v) is 14.4. The van der Waals surface area contributed by atoms with Crippen molar-refractivity contribution in [3.63, 3.8) is 0 Å². The first-order valence-electron chi connectivity index (χ1n) is 8.01. The van der Waals surface area contributed by atoms with Crippen LogP contribution in [0, 0.1) is 12.7 Å². The van der Waals surface area contributed by atoms with Crippen LogP contribution >= 0.6 is 11.3 Å². The highest BCUT2D eigenvalue weighted by atomic mass is 32.1. The largest absolute Gasteiger partial charge is 0.490 e. The van der Waals surface area contributed by atoms with Crippen LogP contribution in [0.2, 0.25) is 0 Å². The number of ether oxygens (including phenoxy) is 2. The molecule has 0 atom stereocenters. The molecule has 0 fully saturated rings. The molecule has 1 N–H and O–H groups in total. The van der Waals surface area contributed by atoms with Crippen LogP contribution in [0.1, 0.15) is 21.7 Å². The molecule has 0 saturated heterocycles. The molecule has 1 aliphatic heterocycles. The van der Waals surface area contributed by atoms with E-state index in [1.165, 1.54) is 23.5 Å². The Labute approximate surface area is 148 Å². The van der Waals surface area contributed by atoms with E-state index in [0.717, 1.165) is 22.1 Å². The highest BCUT2D eigenvalue weighted by Crippen LogP contribution is 2.34. The molecule has 4 nitrogen and oxygen atoms in total. The number of hydrogen-bond donors (Lipinski definition) is 1. The fourth-order valence-corrected chi connectivity index (χ4v) is 3.92. The molecule has 0 unspecified atom stereocenters. The van der Waals surface area contributed by atoms with E-state index in [-0.39, 0.29) is 11.7 Å². The molecular formula is C19H16FNO3S. The number of thiophene rings is 1. The molecule has 2 heterocycles. The molecular weight excluding hydrogens is 341 g/mol. The lowest BCUT2D eigenvalue weighted by atomic mass is 10.1. The quantitative estimate of drug-likeness (QED) is 0.719. The van der Waals surface area contributed by atoms with Gasteiger partial charge in [-0.1, -0.05) is 0 Å². The van der Waals surface area contributed by atoms with Gasteiger partial charge >= 0.3 is 0 Å². The van der Waals surface area contributed by atoms with Gasteiger partial charge in [0.1, 0.15) is 5.82 Å². The molecule has 3 aromatic rings. The zero-order valence-electron chi connectivity index (χ0n) is 13.6. The predicted octanol–water partition coefficient (Wildman–Crippen LogP) is 4.76. The molecule has 1 aliphatic rings. The lowest BCUT2D eigenvalue weighted by Crippen LogP contribution is -2.11. The molecule has 1 aromatic heterocycles. The molecule has 6 heteroatoms. The van der Waals surface area contributed by atoms with E-state index >= 15 is 0 Å². The highest BCUT2D eigenvalue weighted by molar-refractivity contribution is 7.21. The van der Waals surface area contributed by atoms with Crippen LogP contribution in [0.4, 0.5) is 10.1 Å². The summed E-state index contributed by atoms with van der Waals surface area (Å²) in [6, 6.07) is 9.92. The Morgan fingerprint density at radius 3 is 2.76 bits per heavy atom. The number of halogens is 1. The number of carbonyl (C=O) groups excluding carboxylic acids is 1. The average molecular weight is 357 g/mol. The minimum atomic E-state index is -0.303. The van der Waals surface area contributed by atoms with Crippen molar-refractivity contribution in [3.8, 4) is 11.5 Å². The van der Waals surface area contributed by atoms with E-state index < -0.39 is 0 Å². The van der Waals surface area contributed by atoms with Gasteiger partial charge in [-0.05, 0) is 48.2 Å². The van der Waals surface area contributed by atoms with Crippen molar-refractivity contribution < 1.29 is 18.7 Å². The Morgan fingerprint density at radius 2 is 1.92 bits per heavy atom. The molecule has 0 aliphatic carbocycles. The first kappa shape index (κ1) is 15.9. The maximum absolute atomic E-state index is 13.4. The van der Waals surface area contributed by atoms with E-state index in [1.807, 2.05) is 6.92 Å². The topological polar surface area (TPSA) is 47.6 Å². The monoisotopic (exact) mass is 357 g/mol. The SMILES string of the molecule is Cc1c(C(=O)Nc2ccc3c(c2)OCCCO3)sc2ccc(F)cc12. The second-order valence-electron chi connectivity index (χ2n) is 5.86. The van der Waals surface area contributed by atoms with Crippen LogP contribution in [0.25, 0.3) is 10.1 Å². The van der Waals surface area contributed by atoms with Crippen molar-refractivity contribution in [3.05, 3.63) is 52.7 Å². The van der Waals surface area contributed by atoms with Gasteiger partial charge in [-0.25, -0.2) is 4.39 Å². The number of fused-ring (bicyclic) bond motifs is 2. The van der Waals surface area contributed by atoms with Gasteiger partial charge in [-0.3, -0.25) is 4.79 Å². The summed E-state index contributed by atoms with van der Waals surface area (Å²) in [5.74, 6) is 0.798. The zero-order chi connectivity index (χ0) is 17.4. The van der Waals surface area contributed by atoms with Crippen molar-refractivity contribution in [2.45, 2.75) is 13.3 Å². The van der Waals surface area contributed by atoms with E-state index in [1.54, 1.807) is 24.3 Å². The Hall–Kier alpha value is -2.60. The van der Waals surface area contributed by atoms with Gasteiger partial charge in [0, 0.05) is 22.9 Å². The summed E-state index contributed by atoms with van der Waals surface area (Å²) < 4.78 is 25.6. The van der Waals surface area contributed by atoms with Gasteiger partial charge < -0.3 is 14.8 Å². The highest BCUT2D eigenvalue weighted by Gasteiger charge is 2.17. The van der Waals surface area contributed by atoms with E-state index in [0.29, 0.717) is 35.3 Å².